The molecule has 2 saturated heterocycles. The Morgan fingerprint density at radius 3 is 2.64 bits per heavy atom. The van der Waals surface area contributed by atoms with Crippen LogP contribution in [0.2, 0.25) is 0 Å². The van der Waals surface area contributed by atoms with Gasteiger partial charge in [-0.15, -0.1) is 0 Å². The third kappa shape index (κ3) is 4.02. The number of benzene rings is 1. The maximum atomic E-state index is 13.0. The number of likely N-dealkylation sites (tertiary alicyclic amines) is 1. The van der Waals surface area contributed by atoms with Gasteiger partial charge in [-0.3, -0.25) is 9.69 Å². The van der Waals surface area contributed by atoms with Crippen LogP contribution in [0.3, 0.4) is 0 Å². The van der Waals surface area contributed by atoms with E-state index in [9.17, 15) is 9.18 Å². The van der Waals surface area contributed by atoms with Crippen molar-refractivity contribution in [1.82, 2.24) is 9.80 Å². The van der Waals surface area contributed by atoms with Gasteiger partial charge in [0, 0.05) is 37.7 Å². The number of piperidine rings is 1. The minimum Gasteiger partial charge on any atom is -0.341 e. The summed E-state index contributed by atoms with van der Waals surface area (Å²) >= 11 is 1.93. The van der Waals surface area contributed by atoms with Gasteiger partial charge in [-0.2, -0.15) is 11.8 Å². The summed E-state index contributed by atoms with van der Waals surface area (Å²) < 4.78 is 13.0. The Morgan fingerprint density at radius 2 is 1.91 bits per heavy atom. The Labute approximate surface area is 135 Å². The van der Waals surface area contributed by atoms with Gasteiger partial charge in [0.05, 0.1) is 5.92 Å². The number of rotatable bonds is 3. The molecule has 1 aromatic carbocycles. The Morgan fingerprint density at radius 1 is 1.18 bits per heavy atom. The average molecular weight is 322 g/mol. The molecule has 1 atom stereocenters. The maximum absolute atomic E-state index is 13.0. The van der Waals surface area contributed by atoms with Crippen LogP contribution in [-0.2, 0) is 11.3 Å². The second kappa shape index (κ2) is 7.47. The number of carbonyl (C=O) groups excluding carboxylic acids is 1. The lowest BCUT2D eigenvalue weighted by Crippen LogP contribution is -2.47. The van der Waals surface area contributed by atoms with Gasteiger partial charge in [0.15, 0.2) is 0 Å². The van der Waals surface area contributed by atoms with Gasteiger partial charge in [0.2, 0.25) is 5.91 Å². The SMILES string of the molecule is O=C(C1CCCN(Cc2ccc(F)cc2)C1)N1CCSCC1. The lowest BCUT2D eigenvalue weighted by atomic mass is 9.96. The third-order valence-corrected chi connectivity index (χ3v) is 5.44. The van der Waals surface area contributed by atoms with Crippen molar-refractivity contribution in [1.29, 1.82) is 0 Å². The fourth-order valence-corrected chi connectivity index (χ4v) is 4.19. The van der Waals surface area contributed by atoms with E-state index in [1.165, 1.54) is 12.1 Å². The molecule has 2 aliphatic heterocycles. The van der Waals surface area contributed by atoms with Crippen molar-refractivity contribution in [3.63, 3.8) is 0 Å². The van der Waals surface area contributed by atoms with E-state index in [1.54, 1.807) is 0 Å². The van der Waals surface area contributed by atoms with Crippen molar-refractivity contribution in [3.8, 4) is 0 Å². The molecule has 2 aliphatic rings. The summed E-state index contributed by atoms with van der Waals surface area (Å²) in [5, 5.41) is 0. The molecule has 5 heteroatoms. The van der Waals surface area contributed by atoms with Crippen LogP contribution in [0.25, 0.3) is 0 Å². The first-order valence-electron chi connectivity index (χ1n) is 8.06. The first kappa shape index (κ1) is 15.8. The topological polar surface area (TPSA) is 23.6 Å². The molecule has 1 amide bonds. The van der Waals surface area contributed by atoms with Crippen molar-refractivity contribution >= 4 is 17.7 Å². The zero-order valence-corrected chi connectivity index (χ0v) is 13.7. The van der Waals surface area contributed by atoms with Gasteiger partial charge in [-0.1, -0.05) is 12.1 Å². The molecule has 0 bridgehead atoms. The zero-order chi connectivity index (χ0) is 15.4. The van der Waals surface area contributed by atoms with Gasteiger partial charge in [0.25, 0.3) is 0 Å². The highest BCUT2D eigenvalue weighted by atomic mass is 32.2. The van der Waals surface area contributed by atoms with Gasteiger partial charge in [-0.05, 0) is 37.1 Å². The monoisotopic (exact) mass is 322 g/mol. The van der Waals surface area contributed by atoms with Gasteiger partial charge < -0.3 is 4.90 Å². The lowest BCUT2D eigenvalue weighted by molar-refractivity contribution is -0.137. The van der Waals surface area contributed by atoms with Crippen molar-refractivity contribution < 1.29 is 9.18 Å². The van der Waals surface area contributed by atoms with Crippen LogP contribution in [0.4, 0.5) is 4.39 Å². The van der Waals surface area contributed by atoms with Gasteiger partial charge in [-0.25, -0.2) is 4.39 Å². The first-order valence-corrected chi connectivity index (χ1v) is 9.21. The van der Waals surface area contributed by atoms with Crippen LogP contribution in [0, 0.1) is 11.7 Å². The van der Waals surface area contributed by atoms with Crippen LogP contribution in [0.1, 0.15) is 18.4 Å². The smallest absolute Gasteiger partial charge is 0.227 e. The largest absolute Gasteiger partial charge is 0.341 e. The molecule has 0 saturated carbocycles. The average Bonchev–Trinajstić information content (AvgIpc) is 2.57. The summed E-state index contributed by atoms with van der Waals surface area (Å²) in [4.78, 5) is 17.0. The standard InChI is InChI=1S/C17H23FN2OS/c18-16-5-3-14(4-6-16)12-19-7-1-2-15(13-19)17(21)20-8-10-22-11-9-20/h3-6,15H,1-2,7-13H2. The Kier molecular flexibility index (Phi) is 5.37. The van der Waals surface area contributed by atoms with Crippen molar-refractivity contribution in [2.75, 3.05) is 37.7 Å². The van der Waals surface area contributed by atoms with Crippen LogP contribution >= 0.6 is 11.8 Å². The number of halogens is 1. The highest BCUT2D eigenvalue weighted by molar-refractivity contribution is 7.99. The molecule has 0 radical (unpaired) electrons. The van der Waals surface area contributed by atoms with E-state index in [0.717, 1.165) is 62.6 Å². The normalized spacial score (nSPS) is 23.5. The first-order chi connectivity index (χ1) is 10.7. The molecule has 1 aromatic rings. The molecule has 0 spiro atoms. The number of carbonyl (C=O) groups is 1. The fraction of sp³-hybridized carbons (Fsp3) is 0.588. The van der Waals surface area contributed by atoms with Crippen molar-refractivity contribution in [3.05, 3.63) is 35.6 Å². The summed E-state index contributed by atoms with van der Waals surface area (Å²) in [5.41, 5.74) is 1.11. The molecule has 3 rings (SSSR count). The van der Waals surface area contributed by atoms with E-state index in [-0.39, 0.29) is 11.7 Å². The molecular weight excluding hydrogens is 299 g/mol. The molecule has 0 N–H and O–H groups in total. The van der Waals surface area contributed by atoms with Crippen LogP contribution in [0.5, 0.6) is 0 Å². The highest BCUT2D eigenvalue weighted by Gasteiger charge is 2.29. The van der Waals surface area contributed by atoms with Crippen molar-refractivity contribution in [2.24, 2.45) is 5.92 Å². The third-order valence-electron chi connectivity index (χ3n) is 4.50. The molecule has 2 fully saturated rings. The summed E-state index contributed by atoms with van der Waals surface area (Å²) in [6.45, 7) is 4.46. The zero-order valence-electron chi connectivity index (χ0n) is 12.8. The molecule has 0 aliphatic carbocycles. The highest BCUT2D eigenvalue weighted by Crippen LogP contribution is 2.22. The summed E-state index contributed by atoms with van der Waals surface area (Å²) in [7, 11) is 0. The molecular formula is C17H23FN2OS. The summed E-state index contributed by atoms with van der Waals surface area (Å²) in [5.74, 6) is 2.41. The van der Waals surface area contributed by atoms with E-state index >= 15 is 0 Å². The molecule has 1 unspecified atom stereocenters. The van der Waals surface area contributed by atoms with Gasteiger partial charge in [0.1, 0.15) is 5.82 Å². The van der Waals surface area contributed by atoms with Crippen LogP contribution < -0.4 is 0 Å². The molecule has 0 aromatic heterocycles. The predicted molar refractivity (Wildman–Crippen MR) is 88.3 cm³/mol. The predicted octanol–water partition coefficient (Wildman–Crippen LogP) is 2.61. The van der Waals surface area contributed by atoms with Crippen molar-refractivity contribution in [2.45, 2.75) is 19.4 Å². The minimum absolute atomic E-state index is 0.136. The Bertz CT molecular complexity index is 502. The van der Waals surface area contributed by atoms with Crippen LogP contribution in [0.15, 0.2) is 24.3 Å². The Balaban J connectivity index is 1.56. The van der Waals surface area contributed by atoms with E-state index in [2.05, 4.69) is 4.90 Å². The van der Waals surface area contributed by atoms with E-state index in [4.69, 9.17) is 0 Å². The number of hydrogen-bond acceptors (Lipinski definition) is 3. The second-order valence-corrected chi connectivity index (χ2v) is 7.36. The molecule has 2 heterocycles. The molecule has 3 nitrogen and oxygen atoms in total. The van der Waals surface area contributed by atoms with E-state index in [0.29, 0.717) is 5.91 Å². The number of thioether (sulfide) groups is 1. The number of nitrogens with zero attached hydrogens (tertiary/aromatic N) is 2. The van der Waals surface area contributed by atoms with Gasteiger partial charge >= 0.3 is 0 Å². The summed E-state index contributed by atoms with van der Waals surface area (Å²) in [6.07, 6.45) is 2.07. The molecule has 22 heavy (non-hydrogen) atoms. The van der Waals surface area contributed by atoms with E-state index < -0.39 is 0 Å². The van der Waals surface area contributed by atoms with E-state index in [1.807, 2.05) is 28.8 Å². The quantitative estimate of drug-likeness (QED) is 0.855. The lowest BCUT2D eigenvalue weighted by Gasteiger charge is -2.36. The Hall–Kier alpha value is -1.07. The number of amides is 1. The van der Waals surface area contributed by atoms with Crippen LogP contribution in [-0.4, -0.2) is 53.4 Å². The molecule has 120 valence electrons. The fourth-order valence-electron chi connectivity index (χ4n) is 3.29. The minimum atomic E-state index is -0.196. The summed E-state index contributed by atoms with van der Waals surface area (Å²) in [6, 6.07) is 6.69. The maximum Gasteiger partial charge on any atom is 0.227 e. The second-order valence-electron chi connectivity index (χ2n) is 6.14. The number of hydrogen-bond donors (Lipinski definition) is 0.